The Balaban J connectivity index is 1.94. The van der Waals surface area contributed by atoms with E-state index in [4.69, 9.17) is 16.3 Å². The normalized spacial score (nSPS) is 26.8. The van der Waals surface area contributed by atoms with Crippen molar-refractivity contribution in [2.75, 3.05) is 4.43 Å². The highest BCUT2D eigenvalue weighted by Gasteiger charge is 2.38. The number of halogens is 2. The summed E-state index contributed by atoms with van der Waals surface area (Å²) in [5.41, 5.74) is 1.65. The van der Waals surface area contributed by atoms with Crippen LogP contribution in [-0.4, -0.2) is 10.0 Å². The first-order valence-corrected chi connectivity index (χ1v) is 9.69. The second-order valence-corrected chi connectivity index (χ2v) is 8.57. The molecule has 21 heavy (non-hydrogen) atoms. The molecule has 0 aliphatic heterocycles. The first-order chi connectivity index (χ1) is 9.85. The highest BCUT2D eigenvalue weighted by molar-refractivity contribution is 14.1. The molecule has 0 bridgehead atoms. The lowest BCUT2D eigenvalue weighted by atomic mass is 9.69. The van der Waals surface area contributed by atoms with Crippen molar-refractivity contribution in [2.24, 2.45) is 11.3 Å². The first kappa shape index (κ1) is 17.6. The molecule has 1 aliphatic carbocycles. The zero-order chi connectivity index (χ0) is 15.5. The van der Waals surface area contributed by atoms with Crippen molar-refractivity contribution in [2.45, 2.75) is 58.7 Å². The number of benzene rings is 1. The molecule has 0 heterocycles. The van der Waals surface area contributed by atoms with Crippen molar-refractivity contribution in [1.29, 1.82) is 0 Å². The third-order valence-electron chi connectivity index (χ3n) is 4.80. The second kappa shape index (κ2) is 7.18. The molecule has 118 valence electrons. The highest BCUT2D eigenvalue weighted by Crippen LogP contribution is 2.43. The van der Waals surface area contributed by atoms with Crippen molar-refractivity contribution in [3.63, 3.8) is 0 Å². The van der Waals surface area contributed by atoms with Crippen molar-refractivity contribution in [3.05, 3.63) is 34.9 Å². The molecule has 1 aromatic rings. The van der Waals surface area contributed by atoms with E-state index in [2.05, 4.69) is 49.4 Å². The molecule has 1 nitrogen and oxygen atoms in total. The molecule has 0 aromatic heterocycles. The SMILES string of the molecule is CC(C)(C)C1CCC(CI)(OCc2cccc(Cl)c2)CC1. The van der Waals surface area contributed by atoms with Gasteiger partial charge in [0.25, 0.3) is 0 Å². The van der Waals surface area contributed by atoms with Crippen LogP contribution in [0, 0.1) is 11.3 Å². The molecule has 1 saturated carbocycles. The smallest absolute Gasteiger partial charge is 0.0776 e. The monoisotopic (exact) mass is 420 g/mol. The fourth-order valence-corrected chi connectivity index (χ4v) is 4.39. The molecule has 2 rings (SSSR count). The van der Waals surface area contributed by atoms with Gasteiger partial charge in [-0.2, -0.15) is 0 Å². The summed E-state index contributed by atoms with van der Waals surface area (Å²) >= 11 is 8.53. The minimum absolute atomic E-state index is 0.0601. The third kappa shape index (κ3) is 4.84. The molecular weight excluding hydrogens is 395 g/mol. The van der Waals surface area contributed by atoms with Gasteiger partial charge in [0.15, 0.2) is 0 Å². The fraction of sp³-hybridized carbons (Fsp3) is 0.667. The predicted octanol–water partition coefficient (Wildman–Crippen LogP) is 6.27. The minimum Gasteiger partial charge on any atom is -0.370 e. The fourth-order valence-electron chi connectivity index (χ4n) is 3.19. The Labute approximate surface area is 147 Å². The van der Waals surface area contributed by atoms with Crippen LogP contribution < -0.4 is 0 Å². The van der Waals surface area contributed by atoms with E-state index in [1.807, 2.05) is 18.2 Å². The molecule has 0 spiro atoms. The molecule has 0 saturated heterocycles. The summed E-state index contributed by atoms with van der Waals surface area (Å²) in [7, 11) is 0. The summed E-state index contributed by atoms with van der Waals surface area (Å²) in [6, 6.07) is 8.00. The van der Waals surface area contributed by atoms with Gasteiger partial charge >= 0.3 is 0 Å². The van der Waals surface area contributed by atoms with Gasteiger partial charge in [-0.3, -0.25) is 0 Å². The molecule has 0 amide bonds. The predicted molar refractivity (Wildman–Crippen MR) is 99.3 cm³/mol. The quantitative estimate of drug-likeness (QED) is 0.412. The maximum absolute atomic E-state index is 6.36. The van der Waals surface area contributed by atoms with Crippen molar-refractivity contribution >= 4 is 34.2 Å². The zero-order valence-electron chi connectivity index (χ0n) is 13.3. The van der Waals surface area contributed by atoms with E-state index in [-0.39, 0.29) is 5.60 Å². The minimum atomic E-state index is 0.0601. The van der Waals surface area contributed by atoms with Crippen molar-refractivity contribution in [1.82, 2.24) is 0 Å². The summed E-state index contributed by atoms with van der Waals surface area (Å²) in [5, 5.41) is 0.788. The van der Waals surface area contributed by atoms with E-state index < -0.39 is 0 Å². The molecule has 0 N–H and O–H groups in total. The van der Waals surface area contributed by atoms with Crippen molar-refractivity contribution < 1.29 is 4.74 Å². The molecule has 1 aliphatic rings. The Morgan fingerprint density at radius 1 is 1.29 bits per heavy atom. The standard InChI is InChI=1S/C18H26ClIO/c1-17(2,3)15-7-9-18(13-20,10-8-15)21-12-14-5-4-6-16(19)11-14/h4-6,11,15H,7-10,12-13H2,1-3H3. The van der Waals surface area contributed by atoms with Gasteiger partial charge in [-0.05, 0) is 54.7 Å². The largest absolute Gasteiger partial charge is 0.370 e. The summed E-state index contributed by atoms with van der Waals surface area (Å²) in [5.74, 6) is 0.823. The van der Waals surface area contributed by atoms with Crippen LogP contribution >= 0.6 is 34.2 Å². The van der Waals surface area contributed by atoms with Gasteiger partial charge in [-0.25, -0.2) is 0 Å². The van der Waals surface area contributed by atoms with Gasteiger partial charge in [0, 0.05) is 9.45 Å². The van der Waals surface area contributed by atoms with E-state index in [9.17, 15) is 0 Å². The molecular formula is C18H26ClIO. The van der Waals surface area contributed by atoms with Crippen LogP contribution in [0.2, 0.25) is 5.02 Å². The Bertz CT molecular complexity index is 459. The van der Waals surface area contributed by atoms with Gasteiger partial charge in [-0.1, -0.05) is 67.1 Å². The van der Waals surface area contributed by atoms with Crippen molar-refractivity contribution in [3.8, 4) is 0 Å². The number of hydrogen-bond acceptors (Lipinski definition) is 1. The molecule has 1 fully saturated rings. The van der Waals surface area contributed by atoms with Crippen LogP contribution in [0.4, 0.5) is 0 Å². The lowest BCUT2D eigenvalue weighted by molar-refractivity contribution is -0.0772. The maximum Gasteiger partial charge on any atom is 0.0776 e. The molecule has 3 heteroatoms. The van der Waals surface area contributed by atoms with Gasteiger partial charge in [0.1, 0.15) is 0 Å². The number of ether oxygens (including phenoxy) is 1. The van der Waals surface area contributed by atoms with Crippen LogP contribution in [0.15, 0.2) is 24.3 Å². The molecule has 0 atom stereocenters. The van der Waals surface area contributed by atoms with Gasteiger partial charge in [0.2, 0.25) is 0 Å². The van der Waals surface area contributed by atoms with Crippen LogP contribution in [0.3, 0.4) is 0 Å². The lowest BCUT2D eigenvalue weighted by Gasteiger charge is -2.43. The van der Waals surface area contributed by atoms with E-state index in [0.717, 1.165) is 15.4 Å². The Hall–Kier alpha value is 0.200. The summed E-state index contributed by atoms with van der Waals surface area (Å²) in [4.78, 5) is 0. The Kier molecular flexibility index (Phi) is 6.00. The molecule has 1 aromatic carbocycles. The maximum atomic E-state index is 6.36. The van der Waals surface area contributed by atoms with E-state index in [0.29, 0.717) is 12.0 Å². The lowest BCUT2D eigenvalue weighted by Crippen LogP contribution is -2.41. The summed E-state index contributed by atoms with van der Waals surface area (Å²) in [6.07, 6.45) is 4.92. The highest BCUT2D eigenvalue weighted by atomic mass is 127. The van der Waals surface area contributed by atoms with Crippen LogP contribution in [0.25, 0.3) is 0 Å². The van der Waals surface area contributed by atoms with Crippen LogP contribution in [-0.2, 0) is 11.3 Å². The van der Waals surface area contributed by atoms with Crippen LogP contribution in [0.1, 0.15) is 52.0 Å². The molecule has 0 radical (unpaired) electrons. The van der Waals surface area contributed by atoms with Gasteiger partial charge in [0.05, 0.1) is 12.2 Å². The van der Waals surface area contributed by atoms with Crippen LogP contribution in [0.5, 0.6) is 0 Å². The van der Waals surface area contributed by atoms with E-state index in [1.54, 1.807) is 0 Å². The summed E-state index contributed by atoms with van der Waals surface area (Å²) in [6.45, 7) is 7.76. The number of hydrogen-bond donors (Lipinski definition) is 0. The molecule has 0 unspecified atom stereocenters. The number of rotatable bonds is 4. The topological polar surface area (TPSA) is 9.23 Å². The zero-order valence-corrected chi connectivity index (χ0v) is 16.2. The summed E-state index contributed by atoms with van der Waals surface area (Å²) < 4.78 is 7.43. The number of alkyl halides is 1. The van der Waals surface area contributed by atoms with E-state index in [1.165, 1.54) is 31.2 Å². The third-order valence-corrected chi connectivity index (χ3v) is 6.42. The average molecular weight is 421 g/mol. The van der Waals surface area contributed by atoms with E-state index >= 15 is 0 Å². The first-order valence-electron chi connectivity index (χ1n) is 7.79. The average Bonchev–Trinajstić information content (AvgIpc) is 2.45. The Morgan fingerprint density at radius 3 is 2.48 bits per heavy atom. The Morgan fingerprint density at radius 2 is 1.95 bits per heavy atom. The van der Waals surface area contributed by atoms with Gasteiger partial charge in [-0.15, -0.1) is 0 Å². The second-order valence-electron chi connectivity index (χ2n) is 7.38. The van der Waals surface area contributed by atoms with Gasteiger partial charge < -0.3 is 4.74 Å².